The molecule has 0 aliphatic rings. The lowest BCUT2D eigenvalue weighted by atomic mass is 10.1. The number of alkyl halides is 1. The van der Waals surface area contributed by atoms with Gasteiger partial charge in [0, 0.05) is 21.4 Å². The van der Waals surface area contributed by atoms with Crippen LogP contribution in [0.4, 0.5) is 0 Å². The smallest absolute Gasteiger partial charge is 0.166 e. The van der Waals surface area contributed by atoms with E-state index in [0.29, 0.717) is 22.9 Å². The number of carbonyl (C=O) groups is 1. The standard InChI is InChI=1S/C9H7Cl2IO/c10-5-4-8(13)9-6(11)2-1-3-7(9)12/h1-3H,4-5H2. The first kappa shape index (κ1) is 11.3. The second-order valence-electron chi connectivity index (χ2n) is 2.46. The van der Waals surface area contributed by atoms with E-state index >= 15 is 0 Å². The van der Waals surface area contributed by atoms with E-state index in [1.54, 1.807) is 6.07 Å². The molecule has 0 amide bonds. The Morgan fingerprint density at radius 1 is 1.46 bits per heavy atom. The third kappa shape index (κ3) is 2.82. The number of halogens is 3. The van der Waals surface area contributed by atoms with Crippen LogP contribution in [-0.2, 0) is 0 Å². The van der Waals surface area contributed by atoms with Crippen LogP contribution in [0.1, 0.15) is 16.8 Å². The summed E-state index contributed by atoms with van der Waals surface area (Å²) in [5.41, 5.74) is 0.588. The average molecular weight is 329 g/mol. The zero-order chi connectivity index (χ0) is 9.84. The van der Waals surface area contributed by atoms with Gasteiger partial charge >= 0.3 is 0 Å². The lowest BCUT2D eigenvalue weighted by Gasteiger charge is -2.03. The number of hydrogen-bond acceptors (Lipinski definition) is 1. The summed E-state index contributed by atoms with van der Waals surface area (Å²) in [5.74, 6) is 0.338. The maximum absolute atomic E-state index is 11.5. The topological polar surface area (TPSA) is 17.1 Å². The highest BCUT2D eigenvalue weighted by atomic mass is 127. The molecule has 4 heteroatoms. The van der Waals surface area contributed by atoms with Gasteiger partial charge in [-0.2, -0.15) is 0 Å². The molecule has 0 atom stereocenters. The lowest BCUT2D eigenvalue weighted by Crippen LogP contribution is -2.03. The minimum absolute atomic E-state index is 0.00463. The van der Waals surface area contributed by atoms with Gasteiger partial charge < -0.3 is 0 Å². The first-order chi connectivity index (χ1) is 6.16. The number of Topliss-reactive ketones (excluding diaryl/α,β-unsaturated/α-hetero) is 1. The normalized spacial score (nSPS) is 10.1. The van der Waals surface area contributed by atoms with E-state index in [-0.39, 0.29) is 5.78 Å². The van der Waals surface area contributed by atoms with Crippen LogP contribution >= 0.6 is 45.8 Å². The SMILES string of the molecule is O=C(CCCl)c1c(Cl)cccc1I. The van der Waals surface area contributed by atoms with E-state index in [0.717, 1.165) is 3.57 Å². The van der Waals surface area contributed by atoms with Crippen LogP contribution in [0.5, 0.6) is 0 Å². The Hall–Kier alpha value is 0.200. The molecule has 1 aromatic carbocycles. The molecule has 1 aromatic rings. The fourth-order valence-electron chi connectivity index (χ4n) is 0.975. The van der Waals surface area contributed by atoms with Gasteiger partial charge in [-0.05, 0) is 34.7 Å². The fourth-order valence-corrected chi connectivity index (χ4v) is 2.38. The van der Waals surface area contributed by atoms with Gasteiger partial charge in [-0.1, -0.05) is 17.7 Å². The molecule has 0 aliphatic heterocycles. The molecular formula is C9H7Cl2IO. The number of benzene rings is 1. The largest absolute Gasteiger partial charge is 0.294 e. The Morgan fingerprint density at radius 3 is 2.69 bits per heavy atom. The molecule has 1 nitrogen and oxygen atoms in total. The van der Waals surface area contributed by atoms with E-state index < -0.39 is 0 Å². The number of rotatable bonds is 3. The van der Waals surface area contributed by atoms with Crippen LogP contribution in [0.15, 0.2) is 18.2 Å². The maximum atomic E-state index is 11.5. The van der Waals surface area contributed by atoms with Gasteiger partial charge in [-0.25, -0.2) is 0 Å². The van der Waals surface area contributed by atoms with E-state index in [2.05, 4.69) is 22.6 Å². The molecule has 0 aliphatic carbocycles. The summed E-state index contributed by atoms with van der Waals surface area (Å²) in [4.78, 5) is 11.5. The van der Waals surface area contributed by atoms with Crippen molar-refractivity contribution in [1.29, 1.82) is 0 Å². The molecule has 1 rings (SSSR count). The second kappa shape index (κ2) is 5.17. The van der Waals surface area contributed by atoms with Gasteiger partial charge in [-0.3, -0.25) is 4.79 Å². The van der Waals surface area contributed by atoms with Gasteiger partial charge in [-0.15, -0.1) is 11.6 Å². The Morgan fingerprint density at radius 2 is 2.15 bits per heavy atom. The van der Waals surface area contributed by atoms with Crippen molar-refractivity contribution in [2.45, 2.75) is 6.42 Å². The predicted octanol–water partition coefficient (Wildman–Crippen LogP) is 3.76. The van der Waals surface area contributed by atoms with E-state index in [9.17, 15) is 4.79 Å². The van der Waals surface area contributed by atoms with Crippen molar-refractivity contribution in [3.8, 4) is 0 Å². The van der Waals surface area contributed by atoms with Crippen LogP contribution in [0.25, 0.3) is 0 Å². The monoisotopic (exact) mass is 328 g/mol. The summed E-state index contributed by atoms with van der Waals surface area (Å²) in [5, 5.41) is 0.502. The highest BCUT2D eigenvalue weighted by Gasteiger charge is 2.12. The fraction of sp³-hybridized carbons (Fsp3) is 0.222. The molecule has 0 spiro atoms. The van der Waals surface area contributed by atoms with Crippen molar-refractivity contribution in [1.82, 2.24) is 0 Å². The van der Waals surface area contributed by atoms with E-state index in [1.807, 2.05) is 12.1 Å². The highest BCUT2D eigenvalue weighted by molar-refractivity contribution is 14.1. The molecule has 0 unspecified atom stereocenters. The Kier molecular flexibility index (Phi) is 4.49. The van der Waals surface area contributed by atoms with Crippen LogP contribution < -0.4 is 0 Å². The Balaban J connectivity index is 3.05. The molecule has 0 aromatic heterocycles. The second-order valence-corrected chi connectivity index (χ2v) is 4.41. The van der Waals surface area contributed by atoms with Crippen LogP contribution in [0.3, 0.4) is 0 Å². The van der Waals surface area contributed by atoms with Crippen molar-refractivity contribution in [2.75, 3.05) is 5.88 Å². The van der Waals surface area contributed by atoms with Crippen LogP contribution in [-0.4, -0.2) is 11.7 Å². The number of carbonyl (C=O) groups excluding carboxylic acids is 1. The maximum Gasteiger partial charge on any atom is 0.166 e. The third-order valence-electron chi connectivity index (χ3n) is 1.56. The summed E-state index contributed by atoms with van der Waals surface area (Å²) in [7, 11) is 0. The van der Waals surface area contributed by atoms with Crippen molar-refractivity contribution >= 4 is 51.6 Å². The highest BCUT2D eigenvalue weighted by Crippen LogP contribution is 2.23. The molecule has 0 N–H and O–H groups in total. The Labute approximate surface area is 101 Å². The Bertz CT molecular complexity index is 305. The van der Waals surface area contributed by atoms with Crippen molar-refractivity contribution in [3.63, 3.8) is 0 Å². The van der Waals surface area contributed by atoms with Crippen molar-refractivity contribution in [2.24, 2.45) is 0 Å². The minimum Gasteiger partial charge on any atom is -0.294 e. The summed E-state index contributed by atoms with van der Waals surface area (Å²) in [6.07, 6.45) is 0.335. The first-order valence-electron chi connectivity index (χ1n) is 3.70. The predicted molar refractivity (Wildman–Crippen MR) is 63.8 cm³/mol. The molecule has 0 bridgehead atoms. The van der Waals surface area contributed by atoms with Crippen LogP contribution in [0, 0.1) is 3.57 Å². The summed E-state index contributed by atoms with van der Waals surface area (Å²) in [6, 6.07) is 5.39. The zero-order valence-corrected chi connectivity index (χ0v) is 10.4. The lowest BCUT2D eigenvalue weighted by molar-refractivity contribution is 0.0988. The van der Waals surface area contributed by atoms with Crippen LogP contribution in [0.2, 0.25) is 5.02 Å². The average Bonchev–Trinajstić information content (AvgIpc) is 2.04. The number of ketones is 1. The van der Waals surface area contributed by atoms with Gasteiger partial charge in [0.05, 0.1) is 5.02 Å². The van der Waals surface area contributed by atoms with Gasteiger partial charge in [0.2, 0.25) is 0 Å². The zero-order valence-electron chi connectivity index (χ0n) is 6.69. The molecule has 0 saturated carbocycles. The molecule has 0 heterocycles. The van der Waals surface area contributed by atoms with Gasteiger partial charge in [0.25, 0.3) is 0 Å². The summed E-state index contributed by atoms with van der Waals surface area (Å²) in [6.45, 7) is 0. The molecule has 0 saturated heterocycles. The molecule has 13 heavy (non-hydrogen) atoms. The minimum atomic E-state index is 0.00463. The van der Waals surface area contributed by atoms with E-state index in [1.165, 1.54) is 0 Å². The van der Waals surface area contributed by atoms with Crippen molar-refractivity contribution < 1.29 is 4.79 Å². The molecule has 70 valence electrons. The molecule has 0 radical (unpaired) electrons. The van der Waals surface area contributed by atoms with Gasteiger partial charge in [0.1, 0.15) is 0 Å². The summed E-state index contributed by atoms with van der Waals surface area (Å²) < 4.78 is 0.875. The van der Waals surface area contributed by atoms with E-state index in [4.69, 9.17) is 23.2 Å². The molecule has 0 fully saturated rings. The first-order valence-corrected chi connectivity index (χ1v) is 5.69. The van der Waals surface area contributed by atoms with Crippen molar-refractivity contribution in [3.05, 3.63) is 32.4 Å². The van der Waals surface area contributed by atoms with Gasteiger partial charge in [0.15, 0.2) is 5.78 Å². The molecular weight excluding hydrogens is 322 g/mol. The summed E-state index contributed by atoms with van der Waals surface area (Å²) >= 11 is 13.5. The third-order valence-corrected chi connectivity index (χ3v) is 2.97. The number of hydrogen-bond donors (Lipinski definition) is 0. The quantitative estimate of drug-likeness (QED) is 0.469.